The molecule has 0 aliphatic rings. The Bertz CT molecular complexity index is 407. The summed E-state index contributed by atoms with van der Waals surface area (Å²) in [7, 11) is 2.18. The molecule has 0 spiro atoms. The van der Waals surface area contributed by atoms with E-state index in [0.29, 0.717) is 0 Å². The van der Waals surface area contributed by atoms with Crippen molar-refractivity contribution in [2.45, 2.75) is 0 Å². The summed E-state index contributed by atoms with van der Waals surface area (Å²) in [5.74, 6) is -3.76. The van der Waals surface area contributed by atoms with Gasteiger partial charge in [-0.25, -0.2) is 13.6 Å². The fourth-order valence-electron chi connectivity index (χ4n) is 1.01. The van der Waals surface area contributed by atoms with Crippen molar-refractivity contribution in [2.75, 3.05) is 14.2 Å². The molecule has 0 aliphatic carbocycles. The largest absolute Gasteiger partial charge is 0.494 e. The van der Waals surface area contributed by atoms with Crippen molar-refractivity contribution >= 4 is 17.6 Å². The number of benzene rings is 1. The molecule has 82 valence electrons. The molecule has 0 N–H and O–H groups in total. The van der Waals surface area contributed by atoms with Crippen molar-refractivity contribution in [3.05, 3.63) is 28.3 Å². The minimum atomic E-state index is -1.16. The lowest BCUT2D eigenvalue weighted by molar-refractivity contribution is 0.0589. The number of methoxy groups -OCH3 is 2. The molecule has 1 aromatic rings. The lowest BCUT2D eigenvalue weighted by Crippen LogP contribution is -2.09. The topological polar surface area (TPSA) is 35.5 Å². The summed E-state index contributed by atoms with van der Waals surface area (Å²) in [6, 6.07) is 0.943. The number of hydrogen-bond donors (Lipinski definition) is 0. The molecule has 0 heterocycles. The van der Waals surface area contributed by atoms with E-state index in [1.165, 1.54) is 7.11 Å². The van der Waals surface area contributed by atoms with E-state index >= 15 is 0 Å². The van der Waals surface area contributed by atoms with Crippen LogP contribution in [0, 0.1) is 11.6 Å². The zero-order valence-electron chi connectivity index (χ0n) is 7.94. The summed E-state index contributed by atoms with van der Waals surface area (Å²) in [4.78, 5) is 11.1. The molecule has 0 amide bonds. The van der Waals surface area contributed by atoms with E-state index in [1.54, 1.807) is 0 Å². The van der Waals surface area contributed by atoms with Crippen molar-refractivity contribution in [3.63, 3.8) is 0 Å². The maximum Gasteiger partial charge on any atom is 0.344 e. The van der Waals surface area contributed by atoms with E-state index < -0.39 is 28.2 Å². The molecule has 0 saturated heterocycles. The first kappa shape index (κ1) is 11.7. The fourth-order valence-corrected chi connectivity index (χ4v) is 1.20. The predicted molar refractivity (Wildman–Crippen MR) is 49.3 cm³/mol. The van der Waals surface area contributed by atoms with Gasteiger partial charge < -0.3 is 9.47 Å². The average molecular weight is 237 g/mol. The molecule has 3 nitrogen and oxygen atoms in total. The van der Waals surface area contributed by atoms with Crippen molar-refractivity contribution in [3.8, 4) is 5.75 Å². The predicted octanol–water partition coefficient (Wildman–Crippen LogP) is 2.41. The van der Waals surface area contributed by atoms with Gasteiger partial charge in [-0.05, 0) is 0 Å². The Balaban J connectivity index is 3.47. The van der Waals surface area contributed by atoms with Crippen LogP contribution in [0.15, 0.2) is 6.07 Å². The van der Waals surface area contributed by atoms with Crippen molar-refractivity contribution in [1.29, 1.82) is 0 Å². The molecule has 0 saturated carbocycles. The molecule has 0 unspecified atom stereocenters. The number of carbonyl (C=O) groups is 1. The van der Waals surface area contributed by atoms with E-state index in [-0.39, 0.29) is 5.75 Å². The second-order valence-electron chi connectivity index (χ2n) is 2.56. The third-order valence-corrected chi connectivity index (χ3v) is 2.01. The number of esters is 1. The number of rotatable bonds is 2. The standard InChI is InChI=1S/C9H7ClF2O3/c1-14-5-3-4(10)7(11)6(8(5)12)9(13)15-2/h3H,1-2H3. The van der Waals surface area contributed by atoms with E-state index in [4.69, 9.17) is 11.6 Å². The van der Waals surface area contributed by atoms with Crippen LogP contribution in [0.25, 0.3) is 0 Å². The van der Waals surface area contributed by atoms with Crippen molar-refractivity contribution in [1.82, 2.24) is 0 Å². The molecule has 0 aliphatic heterocycles. The van der Waals surface area contributed by atoms with Crippen LogP contribution in [0.2, 0.25) is 5.02 Å². The number of ether oxygens (including phenoxy) is 2. The Hall–Kier alpha value is -1.36. The molecule has 1 aromatic carbocycles. The van der Waals surface area contributed by atoms with Crippen molar-refractivity contribution in [2.24, 2.45) is 0 Å². The van der Waals surface area contributed by atoms with Crippen LogP contribution in [-0.4, -0.2) is 20.2 Å². The van der Waals surface area contributed by atoms with Gasteiger partial charge in [-0.15, -0.1) is 0 Å². The lowest BCUT2D eigenvalue weighted by atomic mass is 10.2. The molecular formula is C9H7ClF2O3. The maximum absolute atomic E-state index is 13.4. The Morgan fingerprint density at radius 1 is 1.33 bits per heavy atom. The Morgan fingerprint density at radius 3 is 2.40 bits per heavy atom. The van der Waals surface area contributed by atoms with Gasteiger partial charge in [-0.3, -0.25) is 0 Å². The third-order valence-electron chi connectivity index (χ3n) is 1.73. The summed E-state index contributed by atoms with van der Waals surface area (Å²) >= 11 is 5.44. The zero-order valence-corrected chi connectivity index (χ0v) is 8.69. The normalized spacial score (nSPS) is 9.93. The van der Waals surface area contributed by atoms with Gasteiger partial charge in [-0.1, -0.05) is 11.6 Å². The molecule has 0 radical (unpaired) electrons. The summed E-state index contributed by atoms with van der Waals surface area (Å²) in [5, 5.41) is -0.409. The fraction of sp³-hybridized carbons (Fsp3) is 0.222. The van der Waals surface area contributed by atoms with Crippen LogP contribution >= 0.6 is 11.6 Å². The minimum absolute atomic E-state index is 0.318. The summed E-state index contributed by atoms with van der Waals surface area (Å²) in [6.45, 7) is 0. The van der Waals surface area contributed by atoms with Crippen LogP contribution in [0.1, 0.15) is 10.4 Å². The number of carbonyl (C=O) groups excluding carboxylic acids is 1. The quantitative estimate of drug-likeness (QED) is 0.584. The van der Waals surface area contributed by atoms with Gasteiger partial charge >= 0.3 is 5.97 Å². The van der Waals surface area contributed by atoms with E-state index in [9.17, 15) is 13.6 Å². The van der Waals surface area contributed by atoms with Gasteiger partial charge in [0.15, 0.2) is 17.4 Å². The highest BCUT2D eigenvalue weighted by atomic mass is 35.5. The van der Waals surface area contributed by atoms with E-state index in [1.807, 2.05) is 0 Å². The summed E-state index contributed by atoms with van der Waals surface area (Å²) in [5.41, 5.74) is -0.859. The molecule has 0 fully saturated rings. The molecule has 1 rings (SSSR count). The molecule has 0 aromatic heterocycles. The molecule has 0 atom stereocenters. The molecule has 15 heavy (non-hydrogen) atoms. The summed E-state index contributed by atoms with van der Waals surface area (Å²) in [6.07, 6.45) is 0. The first-order valence-corrected chi connectivity index (χ1v) is 4.20. The van der Waals surface area contributed by atoms with Gasteiger partial charge in [-0.2, -0.15) is 0 Å². The minimum Gasteiger partial charge on any atom is -0.494 e. The molecule has 6 heteroatoms. The van der Waals surface area contributed by atoms with Crippen LogP contribution in [0.4, 0.5) is 8.78 Å². The van der Waals surface area contributed by atoms with Gasteiger partial charge in [0.2, 0.25) is 0 Å². The van der Waals surface area contributed by atoms with E-state index in [2.05, 4.69) is 9.47 Å². The first-order valence-electron chi connectivity index (χ1n) is 3.82. The second kappa shape index (κ2) is 4.44. The van der Waals surface area contributed by atoms with Crippen molar-refractivity contribution < 1.29 is 23.0 Å². The highest BCUT2D eigenvalue weighted by Gasteiger charge is 2.24. The summed E-state index contributed by atoms with van der Waals surface area (Å²) < 4.78 is 35.5. The average Bonchev–Trinajstić information content (AvgIpc) is 2.23. The van der Waals surface area contributed by atoms with Crippen LogP contribution in [-0.2, 0) is 4.74 Å². The second-order valence-corrected chi connectivity index (χ2v) is 2.96. The van der Waals surface area contributed by atoms with Crippen LogP contribution < -0.4 is 4.74 Å². The van der Waals surface area contributed by atoms with Gasteiger partial charge in [0.25, 0.3) is 0 Å². The number of hydrogen-bond acceptors (Lipinski definition) is 3. The van der Waals surface area contributed by atoms with Gasteiger partial charge in [0.05, 0.1) is 19.2 Å². The number of halogens is 3. The SMILES string of the molecule is COC(=O)c1c(F)c(Cl)cc(OC)c1F. The monoisotopic (exact) mass is 236 g/mol. The maximum atomic E-state index is 13.4. The Morgan fingerprint density at radius 2 is 1.93 bits per heavy atom. The van der Waals surface area contributed by atoms with E-state index in [0.717, 1.165) is 13.2 Å². The first-order chi connectivity index (χ1) is 7.02. The third kappa shape index (κ3) is 2.02. The zero-order chi connectivity index (χ0) is 11.6. The smallest absolute Gasteiger partial charge is 0.344 e. The van der Waals surface area contributed by atoms with Gasteiger partial charge in [0, 0.05) is 6.07 Å². The molecule has 0 bridgehead atoms. The Labute approximate surface area is 89.5 Å². The highest BCUT2D eigenvalue weighted by molar-refractivity contribution is 6.31. The van der Waals surface area contributed by atoms with Crippen LogP contribution in [0.3, 0.4) is 0 Å². The Kier molecular flexibility index (Phi) is 3.47. The van der Waals surface area contributed by atoms with Crippen LogP contribution in [0.5, 0.6) is 5.75 Å². The highest BCUT2D eigenvalue weighted by Crippen LogP contribution is 2.29. The van der Waals surface area contributed by atoms with Gasteiger partial charge in [0.1, 0.15) is 5.56 Å². The molecular weight excluding hydrogens is 230 g/mol. The lowest BCUT2D eigenvalue weighted by Gasteiger charge is -2.08.